The number of hydrogen-bond donors (Lipinski definition) is 1. The van der Waals surface area contributed by atoms with E-state index < -0.39 is 5.69 Å². The number of fused-ring (bicyclic) bond motifs is 4. The Morgan fingerprint density at radius 1 is 0.971 bits per heavy atom. The highest BCUT2D eigenvalue weighted by Gasteiger charge is 2.21. The fourth-order valence-electron chi connectivity index (χ4n) is 4.61. The lowest BCUT2D eigenvalue weighted by Gasteiger charge is -2.10. The first kappa shape index (κ1) is 20.9. The predicted molar refractivity (Wildman–Crippen MR) is 134 cm³/mol. The van der Waals surface area contributed by atoms with Crippen molar-refractivity contribution in [3.05, 3.63) is 94.5 Å². The predicted octanol–water partition coefficient (Wildman–Crippen LogP) is 4.39. The number of carbonyl (C=O) groups is 1. The Morgan fingerprint density at radius 2 is 1.69 bits per heavy atom. The molecule has 0 amide bonds. The van der Waals surface area contributed by atoms with E-state index in [-0.39, 0.29) is 12.3 Å². The van der Waals surface area contributed by atoms with Crippen LogP contribution >= 0.6 is 0 Å². The van der Waals surface area contributed by atoms with Crippen LogP contribution in [0.25, 0.3) is 38.8 Å². The summed E-state index contributed by atoms with van der Waals surface area (Å²) in [5.74, 6) is 0.991. The van der Waals surface area contributed by atoms with Gasteiger partial charge in [0.2, 0.25) is 0 Å². The van der Waals surface area contributed by atoms with E-state index in [1.165, 1.54) is 9.08 Å². The third-order valence-corrected chi connectivity index (χ3v) is 6.28. The number of ketones is 1. The van der Waals surface area contributed by atoms with E-state index in [0.29, 0.717) is 22.6 Å². The third kappa shape index (κ3) is 3.30. The van der Waals surface area contributed by atoms with E-state index in [2.05, 4.69) is 15.1 Å². The number of aromatic nitrogens is 5. The number of methoxy groups -OCH3 is 1. The van der Waals surface area contributed by atoms with Crippen LogP contribution in [-0.4, -0.2) is 37.0 Å². The largest absolute Gasteiger partial charge is 0.497 e. The van der Waals surface area contributed by atoms with Crippen LogP contribution in [0.15, 0.2) is 77.6 Å². The maximum atomic E-state index is 13.6. The second-order valence-corrected chi connectivity index (χ2v) is 8.38. The number of carbonyl (C=O) groups excluding carboxylic acids is 1. The van der Waals surface area contributed by atoms with Crippen LogP contribution in [0.3, 0.4) is 0 Å². The average Bonchev–Trinajstić information content (AvgIpc) is 3.48. The quantitative estimate of drug-likeness (QED) is 0.383. The lowest BCUT2D eigenvalue weighted by atomic mass is 10.1. The van der Waals surface area contributed by atoms with E-state index in [1.807, 2.05) is 79.7 Å². The topological polar surface area (TPSA) is 94.3 Å². The van der Waals surface area contributed by atoms with Crippen molar-refractivity contribution in [3.8, 4) is 17.1 Å². The van der Waals surface area contributed by atoms with Crippen LogP contribution in [0.4, 0.5) is 0 Å². The zero-order valence-electron chi connectivity index (χ0n) is 19.1. The van der Waals surface area contributed by atoms with Crippen LogP contribution in [0.2, 0.25) is 0 Å². The van der Waals surface area contributed by atoms with E-state index in [1.54, 1.807) is 7.11 Å². The summed E-state index contributed by atoms with van der Waals surface area (Å²) in [5, 5.41) is 6.08. The molecular weight excluding hydrogens is 442 g/mol. The maximum Gasteiger partial charge on any atom is 0.351 e. The summed E-state index contributed by atoms with van der Waals surface area (Å²) < 4.78 is 7.97. The first-order valence-corrected chi connectivity index (χ1v) is 11.2. The van der Waals surface area contributed by atoms with Gasteiger partial charge in [0, 0.05) is 33.1 Å². The van der Waals surface area contributed by atoms with Crippen LogP contribution in [0.5, 0.6) is 5.75 Å². The number of para-hydroxylation sites is 2. The van der Waals surface area contributed by atoms with Crippen molar-refractivity contribution in [2.24, 2.45) is 0 Å². The maximum absolute atomic E-state index is 13.6. The van der Waals surface area contributed by atoms with Gasteiger partial charge in [-0.1, -0.05) is 30.3 Å². The van der Waals surface area contributed by atoms with E-state index in [4.69, 9.17) is 4.74 Å². The molecule has 3 aromatic heterocycles. The van der Waals surface area contributed by atoms with Crippen molar-refractivity contribution in [1.29, 1.82) is 0 Å². The smallest absolute Gasteiger partial charge is 0.351 e. The molecule has 0 bridgehead atoms. The molecule has 0 radical (unpaired) electrons. The zero-order chi connectivity index (χ0) is 24.1. The standard InChI is InChI=1S/C27H21N5O3/c1-16-24(19-7-3-5-9-21(19)28-16)23(33)15-31-22-10-6-4-8-20(22)26-29-25(30-32(26)27(31)34)17-11-13-18(35-2)14-12-17/h3-14,28H,15H2,1-2H3. The van der Waals surface area contributed by atoms with Gasteiger partial charge in [-0.2, -0.15) is 4.52 Å². The second kappa shape index (κ2) is 7.95. The van der Waals surface area contributed by atoms with Crippen molar-refractivity contribution in [2.75, 3.05) is 7.11 Å². The highest BCUT2D eigenvalue weighted by molar-refractivity contribution is 6.09. The molecule has 6 rings (SSSR count). The molecule has 0 atom stereocenters. The van der Waals surface area contributed by atoms with Crippen molar-refractivity contribution >= 4 is 33.2 Å². The van der Waals surface area contributed by atoms with Crippen LogP contribution in [-0.2, 0) is 6.54 Å². The molecule has 1 N–H and O–H groups in total. The van der Waals surface area contributed by atoms with Gasteiger partial charge in [0.1, 0.15) is 5.75 Å². The highest BCUT2D eigenvalue weighted by Crippen LogP contribution is 2.25. The van der Waals surface area contributed by atoms with E-state index in [9.17, 15) is 9.59 Å². The first-order chi connectivity index (χ1) is 17.0. The number of Topliss-reactive ketones (excluding diaryl/α,β-unsaturated/α-hetero) is 1. The average molecular weight is 463 g/mol. The Balaban J connectivity index is 1.51. The minimum Gasteiger partial charge on any atom is -0.497 e. The summed E-state index contributed by atoms with van der Waals surface area (Å²) in [6.45, 7) is 1.76. The van der Waals surface area contributed by atoms with Crippen molar-refractivity contribution in [3.63, 3.8) is 0 Å². The van der Waals surface area contributed by atoms with Gasteiger partial charge < -0.3 is 9.72 Å². The number of nitrogens with zero attached hydrogens (tertiary/aromatic N) is 4. The Labute approximate surface area is 199 Å². The minimum atomic E-state index is -0.420. The molecule has 8 heteroatoms. The second-order valence-electron chi connectivity index (χ2n) is 8.38. The van der Waals surface area contributed by atoms with Gasteiger partial charge >= 0.3 is 5.69 Å². The number of H-pyrrole nitrogens is 1. The number of rotatable bonds is 5. The summed E-state index contributed by atoms with van der Waals surface area (Å²) in [6, 6.07) is 22.4. The number of nitrogens with one attached hydrogen (secondary N) is 1. The summed E-state index contributed by atoms with van der Waals surface area (Å²) in [4.78, 5) is 35.0. The van der Waals surface area contributed by atoms with Gasteiger partial charge in [-0.3, -0.25) is 9.36 Å². The Hall–Kier alpha value is -4.72. The molecule has 8 nitrogen and oxygen atoms in total. The number of benzene rings is 3. The van der Waals surface area contributed by atoms with Crippen molar-refractivity contribution < 1.29 is 9.53 Å². The summed E-state index contributed by atoms with van der Waals surface area (Å²) in [5.41, 5.74) is 3.67. The van der Waals surface area contributed by atoms with Gasteiger partial charge in [0.25, 0.3) is 0 Å². The molecular formula is C27H21N5O3. The number of ether oxygens (including phenoxy) is 1. The Kier molecular flexibility index (Phi) is 4.74. The van der Waals surface area contributed by atoms with Gasteiger partial charge in [0.05, 0.1) is 19.2 Å². The molecule has 0 spiro atoms. The molecule has 3 heterocycles. The fraction of sp³-hybridized carbons (Fsp3) is 0.111. The zero-order valence-corrected chi connectivity index (χ0v) is 19.1. The van der Waals surface area contributed by atoms with Gasteiger partial charge in [-0.05, 0) is 49.4 Å². The molecule has 0 unspecified atom stereocenters. The fourth-order valence-corrected chi connectivity index (χ4v) is 4.61. The lowest BCUT2D eigenvalue weighted by molar-refractivity contribution is 0.0972. The molecule has 6 aromatic rings. The molecule has 0 fully saturated rings. The Bertz CT molecular complexity index is 1810. The normalized spacial score (nSPS) is 11.5. The molecule has 0 saturated carbocycles. The third-order valence-electron chi connectivity index (χ3n) is 6.28. The highest BCUT2D eigenvalue weighted by atomic mass is 16.5. The molecule has 172 valence electrons. The van der Waals surface area contributed by atoms with Gasteiger partial charge in [-0.15, -0.1) is 5.10 Å². The summed E-state index contributed by atoms with van der Waals surface area (Å²) in [7, 11) is 1.60. The van der Waals surface area contributed by atoms with Crippen LogP contribution in [0.1, 0.15) is 16.1 Å². The monoisotopic (exact) mass is 463 g/mol. The van der Waals surface area contributed by atoms with Gasteiger partial charge in [0.15, 0.2) is 17.3 Å². The minimum absolute atomic E-state index is 0.115. The number of aryl methyl sites for hydroxylation is 1. The molecule has 0 aliphatic heterocycles. The molecule has 35 heavy (non-hydrogen) atoms. The molecule has 0 saturated heterocycles. The summed E-state index contributed by atoms with van der Waals surface area (Å²) in [6.07, 6.45) is 0. The van der Waals surface area contributed by atoms with E-state index in [0.717, 1.165) is 33.3 Å². The van der Waals surface area contributed by atoms with Crippen molar-refractivity contribution in [1.82, 2.24) is 24.1 Å². The molecule has 0 aliphatic rings. The molecule has 0 aliphatic carbocycles. The molecule has 3 aromatic carbocycles. The number of aromatic amines is 1. The van der Waals surface area contributed by atoms with Crippen LogP contribution < -0.4 is 10.4 Å². The van der Waals surface area contributed by atoms with E-state index >= 15 is 0 Å². The SMILES string of the molecule is COc1ccc(-c2nc3c4ccccc4n(CC(=O)c4c(C)[nH]c5ccccc45)c(=O)n3n2)cc1. The van der Waals surface area contributed by atoms with Crippen molar-refractivity contribution in [2.45, 2.75) is 13.5 Å². The van der Waals surface area contributed by atoms with Crippen LogP contribution in [0, 0.1) is 6.92 Å². The summed E-state index contributed by atoms with van der Waals surface area (Å²) >= 11 is 0. The number of hydrogen-bond acceptors (Lipinski definition) is 5. The van der Waals surface area contributed by atoms with Gasteiger partial charge in [-0.25, -0.2) is 9.78 Å². The Morgan fingerprint density at radius 3 is 2.46 bits per heavy atom. The first-order valence-electron chi connectivity index (χ1n) is 11.2. The lowest BCUT2D eigenvalue weighted by Crippen LogP contribution is -2.30.